The van der Waals surface area contributed by atoms with Gasteiger partial charge < -0.3 is 18.9 Å². The number of hydrogen-bond acceptors (Lipinski definition) is 8. The number of azo groups is 1. The van der Waals surface area contributed by atoms with Gasteiger partial charge in [-0.2, -0.15) is 0 Å². The van der Waals surface area contributed by atoms with Gasteiger partial charge in [-0.15, -0.1) is 0 Å². The highest BCUT2D eigenvalue weighted by Gasteiger charge is 2.47. The molecule has 164 valence electrons. The number of nitrogens with zero attached hydrogens (tertiary/aromatic N) is 4. The zero-order valence-electron chi connectivity index (χ0n) is 17.1. The van der Waals surface area contributed by atoms with E-state index in [-0.39, 0.29) is 12.1 Å². The number of methoxy groups -OCH3 is 4. The summed E-state index contributed by atoms with van der Waals surface area (Å²) in [5.74, 6) is 0. The number of ether oxygens (including phenoxy) is 4. The standard InChI is InChI=1S/C9H12N2O4.C5H6.C4H6N2O4/c1-14-8(12)10-6-3-4-7(5-6)11(10)9(13)15-2;1-2-4-5-3-1;1-9-3(7)5-6-4(8)10-2/h3-4,6-7H,5H2,1-2H3;1-4H,5H2;1-2H3. The molecule has 0 aromatic rings. The van der Waals surface area contributed by atoms with Crippen molar-refractivity contribution < 1.29 is 38.1 Å². The minimum atomic E-state index is -0.939. The van der Waals surface area contributed by atoms with Crippen molar-refractivity contribution in [3.63, 3.8) is 0 Å². The smallest absolute Gasteiger partial charge is 0.451 e. The predicted molar refractivity (Wildman–Crippen MR) is 102 cm³/mol. The van der Waals surface area contributed by atoms with Crippen LogP contribution in [0.5, 0.6) is 0 Å². The molecule has 3 rings (SSSR count). The summed E-state index contributed by atoms with van der Waals surface area (Å²) in [6, 6.07) is -0.192. The molecule has 2 bridgehead atoms. The monoisotopic (exact) mass is 424 g/mol. The van der Waals surface area contributed by atoms with Crippen LogP contribution in [0.2, 0.25) is 0 Å². The molecule has 1 aliphatic heterocycles. The maximum absolute atomic E-state index is 11.5. The molecule has 30 heavy (non-hydrogen) atoms. The number of allylic oxidation sites excluding steroid dienone is 4. The van der Waals surface area contributed by atoms with Crippen molar-refractivity contribution in [1.29, 1.82) is 0 Å². The molecule has 0 aromatic heterocycles. The van der Waals surface area contributed by atoms with E-state index < -0.39 is 24.4 Å². The number of amides is 4. The van der Waals surface area contributed by atoms with Gasteiger partial charge in [0.1, 0.15) is 0 Å². The molecular weight excluding hydrogens is 400 g/mol. The molecule has 3 aliphatic rings. The van der Waals surface area contributed by atoms with Gasteiger partial charge in [-0.3, -0.25) is 0 Å². The Kier molecular flexibility index (Phi) is 10.3. The first kappa shape index (κ1) is 24.3. The molecule has 2 unspecified atom stereocenters. The van der Waals surface area contributed by atoms with Crippen molar-refractivity contribution in [2.24, 2.45) is 10.2 Å². The lowest BCUT2D eigenvalue weighted by Gasteiger charge is -2.32. The van der Waals surface area contributed by atoms with Crippen LogP contribution < -0.4 is 0 Å². The van der Waals surface area contributed by atoms with Gasteiger partial charge in [0.2, 0.25) is 0 Å². The second kappa shape index (κ2) is 12.7. The zero-order valence-corrected chi connectivity index (χ0v) is 17.1. The van der Waals surface area contributed by atoms with Crippen LogP contribution in [-0.2, 0) is 18.9 Å². The normalized spacial score (nSPS) is 19.6. The van der Waals surface area contributed by atoms with Crippen molar-refractivity contribution >= 4 is 24.4 Å². The number of hydrazine groups is 1. The van der Waals surface area contributed by atoms with Crippen LogP contribution in [-0.4, -0.2) is 74.9 Å². The summed E-state index contributed by atoms with van der Waals surface area (Å²) in [5.41, 5.74) is 0. The van der Waals surface area contributed by atoms with Crippen LogP contribution in [0.1, 0.15) is 12.8 Å². The van der Waals surface area contributed by atoms with E-state index in [4.69, 9.17) is 0 Å². The fraction of sp³-hybridized carbons (Fsp3) is 0.444. The third-order valence-corrected chi connectivity index (χ3v) is 3.84. The zero-order chi connectivity index (χ0) is 22.5. The summed E-state index contributed by atoms with van der Waals surface area (Å²) < 4.78 is 17.3. The van der Waals surface area contributed by atoms with Crippen LogP contribution in [0.25, 0.3) is 0 Å². The first-order chi connectivity index (χ1) is 14.4. The van der Waals surface area contributed by atoms with Crippen molar-refractivity contribution in [2.45, 2.75) is 24.9 Å². The molecule has 4 amide bonds. The van der Waals surface area contributed by atoms with Crippen LogP contribution in [0.4, 0.5) is 19.2 Å². The summed E-state index contributed by atoms with van der Waals surface area (Å²) >= 11 is 0. The van der Waals surface area contributed by atoms with E-state index in [9.17, 15) is 19.2 Å². The van der Waals surface area contributed by atoms with Gasteiger partial charge in [-0.05, 0) is 12.8 Å². The maximum Gasteiger partial charge on any atom is 0.452 e. The average molecular weight is 424 g/mol. The highest BCUT2D eigenvalue weighted by molar-refractivity contribution is 5.76. The minimum Gasteiger partial charge on any atom is -0.451 e. The molecule has 0 saturated carbocycles. The van der Waals surface area contributed by atoms with Crippen molar-refractivity contribution in [2.75, 3.05) is 28.4 Å². The first-order valence-corrected chi connectivity index (χ1v) is 8.71. The van der Waals surface area contributed by atoms with E-state index in [0.717, 1.165) is 20.6 Å². The van der Waals surface area contributed by atoms with Gasteiger partial charge in [-0.1, -0.05) is 46.7 Å². The second-order valence-corrected chi connectivity index (χ2v) is 5.62. The van der Waals surface area contributed by atoms with Crippen LogP contribution in [0.3, 0.4) is 0 Å². The third kappa shape index (κ3) is 7.04. The fourth-order valence-electron chi connectivity index (χ4n) is 2.53. The van der Waals surface area contributed by atoms with Crippen LogP contribution in [0.15, 0.2) is 46.7 Å². The van der Waals surface area contributed by atoms with Gasteiger partial charge in [0.15, 0.2) is 0 Å². The average Bonchev–Trinajstić information content (AvgIpc) is 3.55. The van der Waals surface area contributed by atoms with Gasteiger partial charge in [0.25, 0.3) is 0 Å². The van der Waals surface area contributed by atoms with E-state index in [0.29, 0.717) is 6.42 Å². The van der Waals surface area contributed by atoms with E-state index in [1.165, 1.54) is 24.2 Å². The van der Waals surface area contributed by atoms with E-state index >= 15 is 0 Å². The van der Waals surface area contributed by atoms with Crippen molar-refractivity contribution in [1.82, 2.24) is 10.0 Å². The number of hydrogen-bond donors (Lipinski definition) is 0. The van der Waals surface area contributed by atoms with E-state index in [1.54, 1.807) is 0 Å². The predicted octanol–water partition coefficient (Wildman–Crippen LogP) is 3.22. The summed E-state index contributed by atoms with van der Waals surface area (Å²) in [4.78, 5) is 43.2. The highest BCUT2D eigenvalue weighted by Crippen LogP contribution is 2.33. The van der Waals surface area contributed by atoms with Gasteiger partial charge in [0, 0.05) is 0 Å². The Morgan fingerprint density at radius 1 is 0.733 bits per heavy atom. The molecule has 1 fully saturated rings. The Hall–Kier alpha value is -3.70. The Morgan fingerprint density at radius 3 is 1.40 bits per heavy atom. The lowest BCUT2D eigenvalue weighted by atomic mass is 10.2. The van der Waals surface area contributed by atoms with Crippen molar-refractivity contribution in [3.05, 3.63) is 36.5 Å². The Morgan fingerprint density at radius 2 is 1.13 bits per heavy atom. The molecule has 2 aliphatic carbocycles. The molecule has 0 radical (unpaired) electrons. The molecule has 1 saturated heterocycles. The van der Waals surface area contributed by atoms with Crippen LogP contribution in [0, 0.1) is 0 Å². The number of carbonyl (C=O) groups excluding carboxylic acids is 4. The number of fused-ring (bicyclic) bond motifs is 2. The number of rotatable bonds is 0. The molecule has 12 heteroatoms. The lowest BCUT2D eigenvalue weighted by molar-refractivity contribution is -0.00351. The topological polar surface area (TPSA) is 136 Å². The molecule has 12 nitrogen and oxygen atoms in total. The first-order valence-electron chi connectivity index (χ1n) is 8.71. The third-order valence-electron chi connectivity index (χ3n) is 3.84. The fourth-order valence-corrected chi connectivity index (χ4v) is 2.53. The maximum atomic E-state index is 11.5. The summed E-state index contributed by atoms with van der Waals surface area (Å²) in [6.07, 6.45) is 11.0. The Bertz CT molecular complexity index is 688. The highest BCUT2D eigenvalue weighted by atomic mass is 16.6. The molecular formula is C18H24N4O8. The van der Waals surface area contributed by atoms with Gasteiger partial charge in [-0.25, -0.2) is 29.2 Å². The summed E-state index contributed by atoms with van der Waals surface area (Å²) in [6.45, 7) is 0. The summed E-state index contributed by atoms with van der Waals surface area (Å²) in [7, 11) is 4.82. The number of carbonyl (C=O) groups is 4. The molecule has 0 aromatic carbocycles. The van der Waals surface area contributed by atoms with Gasteiger partial charge >= 0.3 is 24.4 Å². The largest absolute Gasteiger partial charge is 0.452 e. The Balaban J connectivity index is 0.000000257. The van der Waals surface area contributed by atoms with E-state index in [1.807, 2.05) is 12.2 Å². The van der Waals surface area contributed by atoms with Crippen molar-refractivity contribution in [3.8, 4) is 0 Å². The lowest BCUT2D eigenvalue weighted by Crippen LogP contribution is -2.51. The van der Waals surface area contributed by atoms with E-state index in [2.05, 4.69) is 53.5 Å². The molecule has 2 atom stereocenters. The SMILES string of the molecule is C1=CCC=C1.COC(=O)N1C2C=CC(C2)N1C(=O)OC.COC(=O)N=NC(=O)OC. The molecule has 0 spiro atoms. The minimum absolute atomic E-state index is 0.0958. The van der Waals surface area contributed by atoms with Crippen LogP contribution >= 0.6 is 0 Å². The quantitative estimate of drug-likeness (QED) is 0.328. The molecule has 1 heterocycles. The Labute approximate surface area is 173 Å². The summed E-state index contributed by atoms with van der Waals surface area (Å²) in [5, 5.41) is 8.18. The second-order valence-electron chi connectivity index (χ2n) is 5.62. The molecule has 0 N–H and O–H groups in total. The van der Waals surface area contributed by atoms with Gasteiger partial charge in [0.05, 0.1) is 40.5 Å².